The molecule has 0 radical (unpaired) electrons. The van der Waals surface area contributed by atoms with E-state index >= 15 is 0 Å². The monoisotopic (exact) mass is 480 g/mol. The van der Waals surface area contributed by atoms with Crippen LogP contribution in [0.2, 0.25) is 5.02 Å². The predicted molar refractivity (Wildman–Crippen MR) is 106 cm³/mol. The number of amides is 1. The standard InChI is InChI=1S/C18H16ClF3N2O6S/c1-17(28,18(20,21)22)16(27)23-14-8-5-11(9-13(14)19)24(2)31(29,30)12-6-3-10(4-7-12)15(25)26/h3-9,28H,1-2H3,(H,23,27)(H,25,26). The van der Waals surface area contributed by atoms with E-state index in [2.05, 4.69) is 0 Å². The lowest BCUT2D eigenvalue weighted by Crippen LogP contribution is -2.52. The fourth-order valence-electron chi connectivity index (χ4n) is 2.24. The summed E-state index contributed by atoms with van der Waals surface area (Å²) in [4.78, 5) is 22.5. The number of nitrogens with one attached hydrogen (secondary N) is 1. The van der Waals surface area contributed by atoms with Crippen molar-refractivity contribution in [3.8, 4) is 0 Å². The van der Waals surface area contributed by atoms with E-state index in [1.54, 1.807) is 0 Å². The minimum atomic E-state index is -5.23. The van der Waals surface area contributed by atoms with Crippen LogP contribution in [0.15, 0.2) is 47.4 Å². The van der Waals surface area contributed by atoms with E-state index in [-0.39, 0.29) is 33.8 Å². The summed E-state index contributed by atoms with van der Waals surface area (Å²) in [6, 6.07) is 7.76. The third-order valence-electron chi connectivity index (χ3n) is 4.32. The molecule has 13 heteroatoms. The molecule has 0 fully saturated rings. The first-order valence-electron chi connectivity index (χ1n) is 8.31. The second kappa shape index (κ2) is 8.36. The van der Waals surface area contributed by atoms with Crippen molar-refractivity contribution in [3.05, 3.63) is 53.1 Å². The van der Waals surface area contributed by atoms with Crippen molar-refractivity contribution in [3.63, 3.8) is 0 Å². The van der Waals surface area contributed by atoms with Gasteiger partial charge in [-0.3, -0.25) is 9.10 Å². The van der Waals surface area contributed by atoms with Gasteiger partial charge in [-0.1, -0.05) is 11.6 Å². The summed E-state index contributed by atoms with van der Waals surface area (Å²) in [5, 5.41) is 19.9. The van der Waals surface area contributed by atoms with E-state index in [0.29, 0.717) is 0 Å². The van der Waals surface area contributed by atoms with Crippen molar-refractivity contribution in [1.29, 1.82) is 0 Å². The van der Waals surface area contributed by atoms with Gasteiger partial charge in [0, 0.05) is 7.05 Å². The van der Waals surface area contributed by atoms with E-state index in [0.717, 1.165) is 40.7 Å². The molecule has 168 valence electrons. The van der Waals surface area contributed by atoms with E-state index < -0.39 is 33.7 Å². The maximum absolute atomic E-state index is 12.8. The lowest BCUT2D eigenvalue weighted by atomic mass is 10.1. The largest absolute Gasteiger partial charge is 0.478 e. The molecular weight excluding hydrogens is 465 g/mol. The first-order chi connectivity index (χ1) is 14.1. The summed E-state index contributed by atoms with van der Waals surface area (Å²) >= 11 is 5.97. The number of alkyl halides is 3. The molecule has 31 heavy (non-hydrogen) atoms. The Kier molecular flexibility index (Phi) is 6.59. The number of nitrogens with zero attached hydrogens (tertiary/aromatic N) is 1. The van der Waals surface area contributed by atoms with Gasteiger partial charge in [-0.25, -0.2) is 13.2 Å². The average Bonchev–Trinajstić information content (AvgIpc) is 2.67. The van der Waals surface area contributed by atoms with Crippen molar-refractivity contribution in [2.24, 2.45) is 0 Å². The molecule has 1 amide bonds. The molecule has 0 aromatic heterocycles. The van der Waals surface area contributed by atoms with Crippen molar-refractivity contribution in [1.82, 2.24) is 0 Å². The molecule has 0 spiro atoms. The number of anilines is 2. The Morgan fingerprint density at radius 1 is 1.10 bits per heavy atom. The number of hydrogen-bond acceptors (Lipinski definition) is 5. The van der Waals surface area contributed by atoms with E-state index in [9.17, 15) is 36.3 Å². The van der Waals surface area contributed by atoms with E-state index in [4.69, 9.17) is 16.7 Å². The molecule has 0 aliphatic rings. The highest BCUT2D eigenvalue weighted by Crippen LogP contribution is 2.34. The number of carboxylic acid groups (broad SMARTS) is 1. The van der Waals surface area contributed by atoms with Crippen LogP contribution < -0.4 is 9.62 Å². The third kappa shape index (κ3) is 4.92. The van der Waals surface area contributed by atoms with E-state index in [1.807, 2.05) is 5.32 Å². The lowest BCUT2D eigenvalue weighted by Gasteiger charge is -2.25. The second-order valence-corrected chi connectivity index (χ2v) is 8.87. The van der Waals surface area contributed by atoms with Crippen LogP contribution >= 0.6 is 11.6 Å². The van der Waals surface area contributed by atoms with Gasteiger partial charge in [-0.15, -0.1) is 0 Å². The molecule has 2 rings (SSSR count). The number of hydrogen-bond donors (Lipinski definition) is 3. The number of carbonyl (C=O) groups is 2. The first-order valence-corrected chi connectivity index (χ1v) is 10.1. The van der Waals surface area contributed by atoms with Crippen LogP contribution in [0.1, 0.15) is 17.3 Å². The number of carboxylic acids is 1. The molecule has 0 saturated carbocycles. The maximum Gasteiger partial charge on any atom is 0.426 e. The number of sulfonamides is 1. The van der Waals surface area contributed by atoms with Gasteiger partial charge in [0.1, 0.15) is 0 Å². The average molecular weight is 481 g/mol. The summed E-state index contributed by atoms with van der Waals surface area (Å²) < 4.78 is 64.6. The Morgan fingerprint density at radius 2 is 1.65 bits per heavy atom. The fraction of sp³-hybridized carbons (Fsp3) is 0.222. The van der Waals surface area contributed by atoms with Crippen LogP contribution in [0.5, 0.6) is 0 Å². The first kappa shape index (κ1) is 24.4. The molecule has 8 nitrogen and oxygen atoms in total. The molecule has 0 aliphatic carbocycles. The van der Waals surface area contributed by atoms with Gasteiger partial charge in [-0.05, 0) is 49.4 Å². The van der Waals surface area contributed by atoms with Crippen LogP contribution in [0.3, 0.4) is 0 Å². The molecule has 3 N–H and O–H groups in total. The predicted octanol–water partition coefficient (Wildman–Crippen LogP) is 3.12. The van der Waals surface area contributed by atoms with Crippen LogP contribution in [0.4, 0.5) is 24.5 Å². The number of benzene rings is 2. The molecule has 0 saturated heterocycles. The molecule has 0 aliphatic heterocycles. The Hall–Kier alpha value is -2.83. The quantitative estimate of drug-likeness (QED) is 0.583. The highest BCUT2D eigenvalue weighted by Gasteiger charge is 2.55. The number of rotatable bonds is 6. The van der Waals surface area contributed by atoms with Gasteiger partial charge < -0.3 is 15.5 Å². The van der Waals surface area contributed by atoms with Crippen molar-refractivity contribution < 1.29 is 41.4 Å². The van der Waals surface area contributed by atoms with Crippen LogP contribution in [-0.4, -0.2) is 49.3 Å². The van der Waals surface area contributed by atoms with Gasteiger partial charge in [-0.2, -0.15) is 13.2 Å². The third-order valence-corrected chi connectivity index (χ3v) is 6.43. The van der Waals surface area contributed by atoms with Crippen LogP contribution in [-0.2, 0) is 14.8 Å². The molecule has 0 bridgehead atoms. The Balaban J connectivity index is 2.29. The molecule has 1 atom stereocenters. The topological polar surface area (TPSA) is 124 Å². The Morgan fingerprint density at radius 3 is 2.10 bits per heavy atom. The summed E-state index contributed by atoms with van der Waals surface area (Å²) in [5.41, 5.74) is -4.05. The lowest BCUT2D eigenvalue weighted by molar-refractivity contribution is -0.242. The molecule has 0 heterocycles. The van der Waals surface area contributed by atoms with Crippen LogP contribution in [0.25, 0.3) is 0 Å². The van der Waals surface area contributed by atoms with E-state index in [1.165, 1.54) is 13.1 Å². The second-order valence-electron chi connectivity index (χ2n) is 6.49. The number of carbonyl (C=O) groups excluding carboxylic acids is 1. The maximum atomic E-state index is 12.8. The zero-order valence-corrected chi connectivity index (χ0v) is 17.5. The zero-order chi connectivity index (χ0) is 23.8. The summed E-state index contributed by atoms with van der Waals surface area (Å²) in [7, 11) is -2.94. The van der Waals surface area contributed by atoms with Gasteiger partial charge in [0.15, 0.2) is 0 Å². The summed E-state index contributed by atoms with van der Waals surface area (Å²) in [5.74, 6) is -3.00. The Labute approximate surface area is 179 Å². The highest BCUT2D eigenvalue weighted by molar-refractivity contribution is 7.92. The smallest absolute Gasteiger partial charge is 0.426 e. The molecular formula is C18H16ClF3N2O6S. The fourth-order valence-corrected chi connectivity index (χ4v) is 3.65. The van der Waals surface area contributed by atoms with Crippen molar-refractivity contribution in [2.75, 3.05) is 16.7 Å². The molecule has 1 unspecified atom stereocenters. The summed E-state index contributed by atoms with van der Waals surface area (Å²) in [6.07, 6.45) is -5.23. The normalized spacial score (nSPS) is 13.9. The van der Waals surface area contributed by atoms with Gasteiger partial charge >= 0.3 is 12.1 Å². The number of aromatic carboxylic acids is 1. The minimum Gasteiger partial charge on any atom is -0.478 e. The zero-order valence-electron chi connectivity index (χ0n) is 15.9. The highest BCUT2D eigenvalue weighted by atomic mass is 35.5. The SMILES string of the molecule is CN(c1ccc(NC(=O)C(C)(O)C(F)(F)F)c(Cl)c1)S(=O)(=O)c1ccc(C(=O)O)cc1. The van der Waals surface area contributed by atoms with Crippen LogP contribution in [0, 0.1) is 0 Å². The Bertz CT molecular complexity index is 1120. The summed E-state index contributed by atoms with van der Waals surface area (Å²) in [6.45, 7) is 0.278. The minimum absolute atomic E-state index is 0.00731. The number of halogens is 4. The molecule has 2 aromatic carbocycles. The molecule has 2 aromatic rings. The van der Waals surface area contributed by atoms with Gasteiger partial charge in [0.05, 0.1) is 26.9 Å². The number of aliphatic hydroxyl groups is 1. The van der Waals surface area contributed by atoms with Crippen molar-refractivity contribution >= 4 is 44.9 Å². The van der Waals surface area contributed by atoms with Gasteiger partial charge in [0.2, 0.25) is 5.60 Å². The van der Waals surface area contributed by atoms with Crippen molar-refractivity contribution in [2.45, 2.75) is 23.6 Å². The van der Waals surface area contributed by atoms with Gasteiger partial charge in [0.25, 0.3) is 15.9 Å².